The van der Waals surface area contributed by atoms with Crippen LogP contribution in [0.4, 0.5) is 0 Å². The Balaban J connectivity index is 1.66. The second-order valence-electron chi connectivity index (χ2n) is 7.40. The molecule has 1 fully saturated rings. The van der Waals surface area contributed by atoms with Crippen molar-refractivity contribution in [3.8, 4) is 0 Å². The molecule has 2 aromatic carbocycles. The van der Waals surface area contributed by atoms with Gasteiger partial charge in [-0.1, -0.05) is 60.7 Å². The van der Waals surface area contributed by atoms with Crippen molar-refractivity contribution in [1.82, 2.24) is 9.80 Å². The third-order valence-corrected chi connectivity index (χ3v) is 6.57. The Morgan fingerprint density at radius 3 is 2.13 bits per heavy atom. The molecule has 0 radical (unpaired) electrons. The number of carbonyl (C=O) groups is 2. The predicted octanol–water partition coefficient (Wildman–Crippen LogP) is 3.02. The first-order valence-electron chi connectivity index (χ1n) is 9.72. The quantitative estimate of drug-likeness (QED) is 0.525. The third-order valence-electron chi connectivity index (χ3n) is 5.33. The van der Waals surface area contributed by atoms with Crippen molar-refractivity contribution in [2.24, 2.45) is 0 Å². The summed E-state index contributed by atoms with van der Waals surface area (Å²) in [4.78, 5) is 29.6. The summed E-state index contributed by atoms with van der Waals surface area (Å²) in [5.41, 5.74) is 1.93. The van der Waals surface area contributed by atoms with E-state index in [0.717, 1.165) is 11.1 Å². The van der Waals surface area contributed by atoms with Gasteiger partial charge in [-0.25, -0.2) is 4.79 Å². The lowest BCUT2D eigenvalue weighted by Gasteiger charge is -2.51. The molecule has 0 spiro atoms. The fourth-order valence-corrected chi connectivity index (χ4v) is 5.28. The Hall–Kier alpha value is -2.77. The van der Waals surface area contributed by atoms with Crippen molar-refractivity contribution in [3.63, 3.8) is 0 Å². The molecule has 0 bridgehead atoms. The molecule has 156 valence electrons. The number of ether oxygens (including phenoxy) is 2. The van der Waals surface area contributed by atoms with E-state index >= 15 is 0 Å². The lowest BCUT2D eigenvalue weighted by molar-refractivity contribution is -0.157. The predicted molar refractivity (Wildman–Crippen MR) is 115 cm³/mol. The number of rotatable bonds is 6. The second-order valence-corrected chi connectivity index (χ2v) is 8.51. The number of thioether (sulfide) groups is 1. The SMILES string of the molecule is COC1=C(C(=O)OC(c2ccccc2)c2ccccc2)N2C(=O)[C@@H](N(C)C)[C@H]2SC1. The molecule has 2 heterocycles. The van der Waals surface area contributed by atoms with Crippen LogP contribution in [-0.4, -0.2) is 60.1 Å². The van der Waals surface area contributed by atoms with Gasteiger partial charge in [0.2, 0.25) is 5.91 Å². The van der Waals surface area contributed by atoms with Crippen LogP contribution in [0.5, 0.6) is 0 Å². The molecule has 0 unspecified atom stereocenters. The maximum Gasteiger partial charge on any atom is 0.359 e. The molecule has 0 saturated carbocycles. The molecule has 2 aliphatic rings. The van der Waals surface area contributed by atoms with Gasteiger partial charge in [0, 0.05) is 0 Å². The zero-order valence-corrected chi connectivity index (χ0v) is 18.0. The summed E-state index contributed by atoms with van der Waals surface area (Å²) in [6.45, 7) is 0. The maximum atomic E-state index is 13.4. The van der Waals surface area contributed by atoms with E-state index in [4.69, 9.17) is 9.47 Å². The molecule has 6 nitrogen and oxygen atoms in total. The molecule has 1 saturated heterocycles. The van der Waals surface area contributed by atoms with Crippen molar-refractivity contribution in [2.45, 2.75) is 17.5 Å². The summed E-state index contributed by atoms with van der Waals surface area (Å²) in [6, 6.07) is 18.9. The van der Waals surface area contributed by atoms with Crippen LogP contribution in [0.1, 0.15) is 17.2 Å². The lowest BCUT2D eigenvalue weighted by atomic mass is 10.0. The van der Waals surface area contributed by atoms with E-state index in [1.165, 1.54) is 12.0 Å². The van der Waals surface area contributed by atoms with Crippen LogP contribution in [0, 0.1) is 0 Å². The fraction of sp³-hybridized carbons (Fsp3) is 0.304. The van der Waals surface area contributed by atoms with Crippen LogP contribution in [0.15, 0.2) is 72.1 Å². The van der Waals surface area contributed by atoms with Crippen molar-refractivity contribution >= 4 is 23.6 Å². The van der Waals surface area contributed by atoms with E-state index < -0.39 is 12.1 Å². The molecule has 1 amide bonds. The molecule has 30 heavy (non-hydrogen) atoms. The third kappa shape index (κ3) is 3.59. The average molecular weight is 425 g/mol. The van der Waals surface area contributed by atoms with Crippen LogP contribution in [0.3, 0.4) is 0 Å². The maximum absolute atomic E-state index is 13.4. The zero-order chi connectivity index (χ0) is 21.3. The summed E-state index contributed by atoms with van der Waals surface area (Å²) in [7, 11) is 5.26. The Morgan fingerprint density at radius 1 is 1.07 bits per heavy atom. The first kappa shape index (κ1) is 20.5. The monoisotopic (exact) mass is 424 g/mol. The number of hydrogen-bond acceptors (Lipinski definition) is 6. The number of nitrogens with zero attached hydrogens (tertiary/aromatic N) is 2. The van der Waals surface area contributed by atoms with Gasteiger partial charge in [-0.05, 0) is 25.2 Å². The van der Waals surface area contributed by atoms with E-state index in [1.807, 2.05) is 79.7 Å². The number of esters is 1. The molecule has 4 rings (SSSR count). The van der Waals surface area contributed by atoms with E-state index in [2.05, 4.69) is 0 Å². The number of fused-ring (bicyclic) bond motifs is 1. The minimum Gasteiger partial charge on any atom is -0.498 e. The molecule has 2 aromatic rings. The average Bonchev–Trinajstić information content (AvgIpc) is 2.77. The summed E-state index contributed by atoms with van der Waals surface area (Å²) in [5.74, 6) is 0.308. The van der Waals surface area contributed by atoms with Crippen LogP contribution < -0.4 is 0 Å². The molecular weight excluding hydrogens is 400 g/mol. The highest BCUT2D eigenvalue weighted by Gasteiger charge is 2.55. The minimum absolute atomic E-state index is 0.116. The smallest absolute Gasteiger partial charge is 0.359 e. The Kier molecular flexibility index (Phi) is 5.83. The highest BCUT2D eigenvalue weighted by atomic mass is 32.2. The van der Waals surface area contributed by atoms with Crippen LogP contribution in [-0.2, 0) is 19.1 Å². The van der Waals surface area contributed by atoms with E-state index in [1.54, 1.807) is 11.8 Å². The van der Waals surface area contributed by atoms with Gasteiger partial charge in [0.25, 0.3) is 0 Å². The van der Waals surface area contributed by atoms with Gasteiger partial charge in [-0.2, -0.15) is 0 Å². The minimum atomic E-state index is -0.584. The fourth-order valence-electron chi connectivity index (χ4n) is 3.81. The van der Waals surface area contributed by atoms with Crippen LogP contribution in [0.25, 0.3) is 0 Å². The number of amides is 1. The Labute approximate surface area is 180 Å². The summed E-state index contributed by atoms with van der Waals surface area (Å²) < 4.78 is 11.5. The summed E-state index contributed by atoms with van der Waals surface area (Å²) in [5, 5.41) is -0.124. The molecule has 2 atom stereocenters. The van der Waals surface area contributed by atoms with Gasteiger partial charge in [-0.3, -0.25) is 14.6 Å². The number of β-lactam (4-membered cyclic amide) rings is 1. The van der Waals surface area contributed by atoms with Crippen molar-refractivity contribution < 1.29 is 19.1 Å². The highest BCUT2D eigenvalue weighted by Crippen LogP contribution is 2.42. The van der Waals surface area contributed by atoms with Crippen molar-refractivity contribution in [2.75, 3.05) is 27.0 Å². The largest absolute Gasteiger partial charge is 0.498 e. The molecule has 7 heteroatoms. The molecule has 0 aliphatic carbocycles. The van der Waals surface area contributed by atoms with Gasteiger partial charge < -0.3 is 9.47 Å². The molecular formula is C23H24N2O4S. The van der Waals surface area contributed by atoms with Crippen molar-refractivity contribution in [1.29, 1.82) is 0 Å². The van der Waals surface area contributed by atoms with Crippen LogP contribution >= 0.6 is 11.8 Å². The van der Waals surface area contributed by atoms with E-state index in [-0.39, 0.29) is 23.0 Å². The first-order valence-corrected chi connectivity index (χ1v) is 10.8. The topological polar surface area (TPSA) is 59.1 Å². The van der Waals surface area contributed by atoms with E-state index in [9.17, 15) is 9.59 Å². The highest BCUT2D eigenvalue weighted by molar-refractivity contribution is 8.00. The molecule has 2 aliphatic heterocycles. The zero-order valence-electron chi connectivity index (χ0n) is 17.1. The number of hydrogen-bond donors (Lipinski definition) is 0. The summed E-state index contributed by atoms with van der Waals surface area (Å²) >= 11 is 1.59. The van der Waals surface area contributed by atoms with Gasteiger partial charge in [0.15, 0.2) is 11.8 Å². The number of benzene rings is 2. The number of likely N-dealkylation sites (N-methyl/N-ethyl adjacent to an activating group) is 1. The summed E-state index contributed by atoms with van der Waals surface area (Å²) in [6.07, 6.45) is -0.584. The van der Waals surface area contributed by atoms with Gasteiger partial charge >= 0.3 is 5.97 Å². The van der Waals surface area contributed by atoms with E-state index in [0.29, 0.717) is 11.5 Å². The molecule has 0 aromatic heterocycles. The van der Waals surface area contributed by atoms with Gasteiger partial charge in [0.05, 0.1) is 12.9 Å². The normalized spacial score (nSPS) is 20.8. The molecule has 0 N–H and O–H groups in total. The number of carbonyl (C=O) groups excluding carboxylic acids is 2. The Morgan fingerprint density at radius 2 is 1.63 bits per heavy atom. The Bertz CT molecular complexity index is 922. The van der Waals surface area contributed by atoms with Gasteiger partial charge in [-0.15, -0.1) is 11.8 Å². The van der Waals surface area contributed by atoms with Crippen molar-refractivity contribution in [3.05, 3.63) is 83.2 Å². The first-order chi connectivity index (χ1) is 14.5. The van der Waals surface area contributed by atoms with Gasteiger partial charge in [0.1, 0.15) is 17.2 Å². The lowest BCUT2D eigenvalue weighted by Crippen LogP contribution is -2.69. The standard InChI is InChI=1S/C23H24N2O4S/c1-24(2)19-21(26)25-18(17(28-3)14-30-22(19)25)23(27)29-20(15-10-6-4-7-11-15)16-12-8-5-9-13-16/h4-13,19-20,22H,14H2,1-3H3/t19-,22-/m1/s1. The van der Waals surface area contributed by atoms with Crippen LogP contribution in [0.2, 0.25) is 0 Å². The number of methoxy groups -OCH3 is 1. The second kappa shape index (κ2) is 8.53.